The third-order valence-electron chi connectivity index (χ3n) is 2.87. The average molecular weight is 336 g/mol. The van der Waals surface area contributed by atoms with Crippen molar-refractivity contribution in [2.75, 3.05) is 11.9 Å². The van der Waals surface area contributed by atoms with Gasteiger partial charge >= 0.3 is 6.61 Å². The van der Waals surface area contributed by atoms with Crippen LogP contribution in [0.3, 0.4) is 0 Å². The molecule has 0 heterocycles. The van der Waals surface area contributed by atoms with Crippen molar-refractivity contribution in [1.29, 1.82) is 0 Å². The first-order valence-corrected chi connectivity index (χ1v) is 6.82. The molecule has 24 heavy (non-hydrogen) atoms. The van der Waals surface area contributed by atoms with Gasteiger partial charge in [0, 0.05) is 5.69 Å². The molecular weight excluding hydrogens is 322 g/mol. The first kappa shape index (κ1) is 17.2. The molecule has 0 radical (unpaired) electrons. The van der Waals surface area contributed by atoms with Crippen LogP contribution >= 0.6 is 0 Å². The average Bonchev–Trinajstić information content (AvgIpc) is 2.54. The minimum atomic E-state index is -2.91. The molecule has 2 aromatic rings. The zero-order valence-electron chi connectivity index (χ0n) is 12.4. The number of anilines is 1. The highest BCUT2D eigenvalue weighted by atomic mass is 19.3. The Morgan fingerprint density at radius 3 is 2.38 bits per heavy atom. The van der Waals surface area contributed by atoms with E-state index in [9.17, 15) is 18.4 Å². The smallest absolute Gasteiger partial charge is 0.387 e. The molecule has 0 saturated heterocycles. The van der Waals surface area contributed by atoms with Crippen LogP contribution in [0.2, 0.25) is 0 Å². The molecule has 8 heteroatoms. The summed E-state index contributed by atoms with van der Waals surface area (Å²) in [5.74, 6) is -0.979. The van der Waals surface area contributed by atoms with Crippen molar-refractivity contribution in [3.8, 4) is 11.5 Å². The maximum Gasteiger partial charge on any atom is 0.387 e. The van der Waals surface area contributed by atoms with Crippen LogP contribution < -0.4 is 20.5 Å². The second kappa shape index (κ2) is 7.91. The fourth-order valence-corrected chi connectivity index (χ4v) is 1.86. The van der Waals surface area contributed by atoms with Crippen molar-refractivity contribution in [3.05, 3.63) is 54.1 Å². The van der Waals surface area contributed by atoms with Gasteiger partial charge in [0.2, 0.25) is 0 Å². The van der Waals surface area contributed by atoms with E-state index in [2.05, 4.69) is 10.1 Å². The van der Waals surface area contributed by atoms with E-state index >= 15 is 0 Å². The molecule has 2 rings (SSSR count). The molecule has 0 fully saturated rings. The molecule has 126 valence electrons. The first-order valence-electron chi connectivity index (χ1n) is 6.82. The molecule has 0 unspecified atom stereocenters. The Hall–Kier alpha value is -3.16. The van der Waals surface area contributed by atoms with Crippen molar-refractivity contribution >= 4 is 17.5 Å². The molecule has 2 amide bonds. The van der Waals surface area contributed by atoms with E-state index < -0.39 is 18.4 Å². The number of nitrogens with one attached hydrogen (secondary N) is 1. The highest BCUT2D eigenvalue weighted by Gasteiger charge is 2.11. The van der Waals surface area contributed by atoms with Gasteiger partial charge in [0.1, 0.15) is 11.5 Å². The molecule has 0 atom stereocenters. The minimum absolute atomic E-state index is 0.0189. The Balaban J connectivity index is 1.91. The quantitative estimate of drug-likeness (QED) is 0.812. The zero-order valence-corrected chi connectivity index (χ0v) is 12.4. The Bertz CT molecular complexity index is 720. The molecular formula is C16H14F2N2O4. The molecule has 0 aliphatic heterocycles. The highest BCUT2D eigenvalue weighted by molar-refractivity contribution is 5.96. The summed E-state index contributed by atoms with van der Waals surface area (Å²) in [4.78, 5) is 23.1. The molecule has 0 saturated carbocycles. The number of ether oxygens (including phenoxy) is 2. The Morgan fingerprint density at radius 2 is 1.75 bits per heavy atom. The maximum absolute atomic E-state index is 12.0. The number of alkyl halides is 2. The van der Waals surface area contributed by atoms with E-state index in [1.165, 1.54) is 36.4 Å². The fourth-order valence-electron chi connectivity index (χ4n) is 1.86. The van der Waals surface area contributed by atoms with E-state index in [0.29, 0.717) is 5.69 Å². The van der Waals surface area contributed by atoms with Crippen molar-refractivity contribution in [2.24, 2.45) is 5.73 Å². The summed E-state index contributed by atoms with van der Waals surface area (Å²) in [6.45, 7) is -3.26. The second-order valence-electron chi connectivity index (χ2n) is 4.60. The van der Waals surface area contributed by atoms with Gasteiger partial charge in [-0.3, -0.25) is 9.59 Å². The van der Waals surface area contributed by atoms with Crippen LogP contribution in [0, 0.1) is 0 Å². The van der Waals surface area contributed by atoms with Crippen LogP contribution in [0.5, 0.6) is 11.5 Å². The number of carbonyl (C=O) groups is 2. The van der Waals surface area contributed by atoms with Crippen molar-refractivity contribution in [2.45, 2.75) is 6.61 Å². The summed E-state index contributed by atoms with van der Waals surface area (Å²) in [5.41, 5.74) is 5.76. The standard InChI is InChI=1S/C16H14F2N2O4/c17-16(18)24-11-7-5-10(6-8-11)20-14(21)9-23-13-4-2-1-3-12(13)15(19)22/h1-8,16H,9H2,(H2,19,22)(H,20,21). The predicted molar refractivity (Wildman–Crippen MR) is 82.2 cm³/mol. The lowest BCUT2D eigenvalue weighted by Gasteiger charge is -2.10. The number of hydrogen-bond donors (Lipinski definition) is 2. The topological polar surface area (TPSA) is 90.7 Å². The number of halogens is 2. The van der Waals surface area contributed by atoms with Gasteiger partial charge in [-0.2, -0.15) is 8.78 Å². The lowest BCUT2D eigenvalue weighted by atomic mass is 10.2. The van der Waals surface area contributed by atoms with Gasteiger partial charge in [0.05, 0.1) is 5.56 Å². The van der Waals surface area contributed by atoms with Gasteiger partial charge in [-0.1, -0.05) is 12.1 Å². The van der Waals surface area contributed by atoms with E-state index in [-0.39, 0.29) is 23.7 Å². The monoisotopic (exact) mass is 336 g/mol. The summed E-state index contributed by atoms with van der Waals surface area (Å²) in [7, 11) is 0. The molecule has 2 aromatic carbocycles. The number of nitrogens with two attached hydrogens (primary N) is 1. The van der Waals surface area contributed by atoms with Crippen LogP contribution in [0.1, 0.15) is 10.4 Å². The van der Waals surface area contributed by atoms with Gasteiger partial charge in [-0.05, 0) is 36.4 Å². The molecule has 0 spiro atoms. The lowest BCUT2D eigenvalue weighted by Crippen LogP contribution is -2.21. The minimum Gasteiger partial charge on any atom is -0.483 e. The SMILES string of the molecule is NC(=O)c1ccccc1OCC(=O)Nc1ccc(OC(F)F)cc1. The Morgan fingerprint density at radius 1 is 1.08 bits per heavy atom. The molecule has 3 N–H and O–H groups in total. The number of carbonyl (C=O) groups excluding carboxylic acids is 2. The largest absolute Gasteiger partial charge is 0.483 e. The summed E-state index contributed by atoms with van der Waals surface area (Å²) < 4.78 is 33.6. The number of hydrogen-bond acceptors (Lipinski definition) is 4. The Labute approximate surface area is 136 Å². The second-order valence-corrected chi connectivity index (χ2v) is 4.60. The van der Waals surface area contributed by atoms with Crippen LogP contribution in [-0.4, -0.2) is 25.0 Å². The van der Waals surface area contributed by atoms with Crippen LogP contribution in [0.25, 0.3) is 0 Å². The van der Waals surface area contributed by atoms with Gasteiger partial charge < -0.3 is 20.5 Å². The summed E-state index contributed by atoms with van der Waals surface area (Å²) in [6, 6.07) is 11.7. The van der Waals surface area contributed by atoms with Crippen molar-refractivity contribution in [1.82, 2.24) is 0 Å². The maximum atomic E-state index is 12.0. The van der Waals surface area contributed by atoms with Crippen molar-refractivity contribution < 1.29 is 27.8 Å². The van der Waals surface area contributed by atoms with E-state index in [1.54, 1.807) is 12.1 Å². The molecule has 6 nitrogen and oxygen atoms in total. The predicted octanol–water partition coefficient (Wildman–Crippen LogP) is 2.40. The zero-order chi connectivity index (χ0) is 17.5. The van der Waals surface area contributed by atoms with Crippen molar-refractivity contribution in [3.63, 3.8) is 0 Å². The lowest BCUT2D eigenvalue weighted by molar-refractivity contribution is -0.118. The fraction of sp³-hybridized carbons (Fsp3) is 0.125. The number of benzene rings is 2. The number of para-hydroxylation sites is 1. The third kappa shape index (κ3) is 4.94. The number of amides is 2. The molecule has 0 aliphatic carbocycles. The highest BCUT2D eigenvalue weighted by Crippen LogP contribution is 2.19. The van der Waals surface area contributed by atoms with Gasteiger partial charge in [-0.25, -0.2) is 0 Å². The van der Waals surface area contributed by atoms with Gasteiger partial charge in [0.25, 0.3) is 11.8 Å². The van der Waals surface area contributed by atoms with Gasteiger partial charge in [-0.15, -0.1) is 0 Å². The molecule has 0 aliphatic rings. The number of primary amides is 1. The van der Waals surface area contributed by atoms with Crippen LogP contribution in [-0.2, 0) is 4.79 Å². The van der Waals surface area contributed by atoms with Gasteiger partial charge in [0.15, 0.2) is 6.61 Å². The normalized spacial score (nSPS) is 10.3. The van der Waals surface area contributed by atoms with Crippen LogP contribution in [0.4, 0.5) is 14.5 Å². The Kier molecular flexibility index (Phi) is 5.67. The molecule has 0 bridgehead atoms. The van der Waals surface area contributed by atoms with E-state index in [0.717, 1.165) is 0 Å². The van der Waals surface area contributed by atoms with E-state index in [1.807, 2.05) is 0 Å². The molecule has 0 aromatic heterocycles. The third-order valence-corrected chi connectivity index (χ3v) is 2.87. The van der Waals surface area contributed by atoms with E-state index in [4.69, 9.17) is 10.5 Å². The summed E-state index contributed by atoms with van der Waals surface area (Å²) in [6.07, 6.45) is 0. The van der Waals surface area contributed by atoms with Crippen LogP contribution in [0.15, 0.2) is 48.5 Å². The summed E-state index contributed by atoms with van der Waals surface area (Å²) in [5, 5.41) is 2.52. The summed E-state index contributed by atoms with van der Waals surface area (Å²) >= 11 is 0. The first-order chi connectivity index (χ1) is 11.5. The number of rotatable bonds is 7.